The molecule has 0 saturated carbocycles. The number of aromatic nitrogens is 4. The van der Waals surface area contributed by atoms with Gasteiger partial charge in [0.2, 0.25) is 5.88 Å². The molecule has 3 aromatic heterocycles. The molecule has 3 rings (SSSR count). The van der Waals surface area contributed by atoms with Gasteiger partial charge in [0.25, 0.3) is 0 Å². The van der Waals surface area contributed by atoms with Crippen molar-refractivity contribution in [3.05, 3.63) is 42.0 Å². The van der Waals surface area contributed by atoms with Gasteiger partial charge in [0.05, 0.1) is 10.9 Å². The van der Waals surface area contributed by atoms with Gasteiger partial charge in [-0.05, 0) is 23.1 Å². The van der Waals surface area contributed by atoms with E-state index in [1.807, 2.05) is 27.0 Å². The summed E-state index contributed by atoms with van der Waals surface area (Å²) in [5.74, 6) is -0.713. The summed E-state index contributed by atoms with van der Waals surface area (Å²) in [6, 6.07) is 2.89. The average Bonchev–Trinajstić information content (AvgIpc) is 2.88. The Morgan fingerprint density at radius 2 is 1.96 bits per heavy atom. The second kappa shape index (κ2) is 5.05. The quantitative estimate of drug-likeness (QED) is 0.754. The summed E-state index contributed by atoms with van der Waals surface area (Å²) in [5, 5.41) is 19.8. The number of hydrogen-bond donors (Lipinski definition) is 2. The van der Waals surface area contributed by atoms with Gasteiger partial charge in [0, 0.05) is 12.4 Å². The van der Waals surface area contributed by atoms with Crippen LogP contribution < -0.4 is 0 Å². The predicted molar refractivity (Wildman–Crippen MR) is 84.0 cm³/mol. The van der Waals surface area contributed by atoms with Gasteiger partial charge in [-0.15, -0.1) is 0 Å². The summed E-state index contributed by atoms with van der Waals surface area (Å²) in [6.07, 6.45) is 4.51. The molecule has 0 spiro atoms. The SMILES string of the molecule is CC(C)(C)c1cn(-c2cc(C(=O)O)ccn2)c2ncnc(O)c12. The molecule has 3 heterocycles. The van der Waals surface area contributed by atoms with Crippen LogP contribution in [-0.4, -0.2) is 35.7 Å². The Morgan fingerprint density at radius 1 is 1.22 bits per heavy atom. The molecule has 0 amide bonds. The Kier molecular flexibility index (Phi) is 3.28. The zero-order valence-corrected chi connectivity index (χ0v) is 13.0. The molecule has 0 radical (unpaired) electrons. The maximum absolute atomic E-state index is 11.2. The van der Waals surface area contributed by atoms with Crippen LogP contribution in [0.5, 0.6) is 5.88 Å². The van der Waals surface area contributed by atoms with Crippen LogP contribution in [0.25, 0.3) is 16.9 Å². The van der Waals surface area contributed by atoms with Crippen LogP contribution in [0.3, 0.4) is 0 Å². The maximum Gasteiger partial charge on any atom is 0.335 e. The monoisotopic (exact) mass is 312 g/mol. The molecule has 0 aliphatic rings. The number of carboxylic acids is 1. The lowest BCUT2D eigenvalue weighted by Gasteiger charge is -2.17. The summed E-state index contributed by atoms with van der Waals surface area (Å²) in [4.78, 5) is 23.5. The molecule has 2 N–H and O–H groups in total. The van der Waals surface area contributed by atoms with Gasteiger partial charge in [0.1, 0.15) is 12.1 Å². The Bertz CT molecular complexity index is 909. The largest absolute Gasteiger partial charge is 0.493 e. The van der Waals surface area contributed by atoms with Crippen LogP contribution in [0.4, 0.5) is 0 Å². The van der Waals surface area contributed by atoms with Crippen LogP contribution in [0, 0.1) is 0 Å². The minimum atomic E-state index is -1.03. The third-order valence-electron chi connectivity index (χ3n) is 3.61. The molecular weight excluding hydrogens is 296 g/mol. The number of pyridine rings is 1. The summed E-state index contributed by atoms with van der Waals surface area (Å²) < 4.78 is 1.67. The number of aromatic hydroxyl groups is 1. The predicted octanol–water partition coefficient (Wildman–Crippen LogP) is 2.52. The van der Waals surface area contributed by atoms with Crippen LogP contribution in [0.2, 0.25) is 0 Å². The number of aromatic carboxylic acids is 1. The van der Waals surface area contributed by atoms with E-state index in [1.54, 1.807) is 4.57 Å². The fourth-order valence-electron chi connectivity index (χ4n) is 2.47. The Balaban J connectivity index is 2.33. The van der Waals surface area contributed by atoms with Crippen LogP contribution in [-0.2, 0) is 5.41 Å². The first kappa shape index (κ1) is 15.0. The van der Waals surface area contributed by atoms with Crippen molar-refractivity contribution in [1.82, 2.24) is 19.5 Å². The van der Waals surface area contributed by atoms with Gasteiger partial charge in [-0.1, -0.05) is 20.8 Å². The van der Waals surface area contributed by atoms with Gasteiger partial charge in [-0.25, -0.2) is 19.7 Å². The van der Waals surface area contributed by atoms with Crippen molar-refractivity contribution in [2.45, 2.75) is 26.2 Å². The number of nitrogens with zero attached hydrogens (tertiary/aromatic N) is 4. The minimum absolute atomic E-state index is 0.104. The Morgan fingerprint density at radius 3 is 2.61 bits per heavy atom. The van der Waals surface area contributed by atoms with E-state index in [9.17, 15) is 9.90 Å². The van der Waals surface area contributed by atoms with E-state index in [1.165, 1.54) is 24.7 Å². The minimum Gasteiger partial charge on any atom is -0.493 e. The summed E-state index contributed by atoms with van der Waals surface area (Å²) in [7, 11) is 0. The van der Waals surface area contributed by atoms with Gasteiger partial charge in [-0.2, -0.15) is 0 Å². The topological polar surface area (TPSA) is 101 Å². The van der Waals surface area contributed by atoms with Crippen molar-refractivity contribution in [3.8, 4) is 11.7 Å². The highest BCUT2D eigenvalue weighted by atomic mass is 16.4. The van der Waals surface area contributed by atoms with E-state index >= 15 is 0 Å². The van der Waals surface area contributed by atoms with Crippen molar-refractivity contribution >= 4 is 17.0 Å². The lowest BCUT2D eigenvalue weighted by molar-refractivity contribution is 0.0696. The molecule has 0 aromatic carbocycles. The van der Waals surface area contributed by atoms with E-state index in [-0.39, 0.29) is 16.9 Å². The third-order valence-corrected chi connectivity index (χ3v) is 3.61. The fraction of sp³-hybridized carbons (Fsp3) is 0.250. The lowest BCUT2D eigenvalue weighted by Crippen LogP contribution is -2.10. The molecule has 7 nitrogen and oxygen atoms in total. The fourth-order valence-corrected chi connectivity index (χ4v) is 2.47. The van der Waals surface area contributed by atoms with Gasteiger partial charge in [-0.3, -0.25) is 4.57 Å². The number of fused-ring (bicyclic) bond motifs is 1. The first-order valence-corrected chi connectivity index (χ1v) is 7.04. The standard InChI is InChI=1S/C16H16N4O3/c1-16(2,3)10-7-20(13-12(10)14(21)19-8-18-13)11-6-9(15(22)23)4-5-17-11/h4-8H,1-3H3,(H,22,23)(H,18,19,21). The first-order chi connectivity index (χ1) is 10.8. The molecule has 0 saturated heterocycles. The Labute approximate surface area is 132 Å². The van der Waals surface area contributed by atoms with E-state index in [2.05, 4.69) is 15.0 Å². The molecule has 0 unspecified atom stereocenters. The second-order valence-corrected chi connectivity index (χ2v) is 6.27. The zero-order chi connectivity index (χ0) is 16.8. The van der Waals surface area contributed by atoms with Gasteiger partial charge >= 0.3 is 5.97 Å². The Hall–Kier alpha value is -2.96. The third kappa shape index (κ3) is 2.50. The van der Waals surface area contributed by atoms with Crippen LogP contribution in [0.1, 0.15) is 36.7 Å². The second-order valence-electron chi connectivity index (χ2n) is 6.27. The van der Waals surface area contributed by atoms with Crippen molar-refractivity contribution in [1.29, 1.82) is 0 Å². The van der Waals surface area contributed by atoms with E-state index in [4.69, 9.17) is 5.11 Å². The normalized spacial score (nSPS) is 11.8. The summed E-state index contributed by atoms with van der Waals surface area (Å²) in [6.45, 7) is 6.04. The van der Waals surface area contributed by atoms with Crippen molar-refractivity contribution in [3.63, 3.8) is 0 Å². The highest BCUT2D eigenvalue weighted by Gasteiger charge is 2.24. The molecule has 3 aromatic rings. The smallest absolute Gasteiger partial charge is 0.335 e. The van der Waals surface area contributed by atoms with Crippen LogP contribution in [0.15, 0.2) is 30.9 Å². The highest BCUT2D eigenvalue weighted by molar-refractivity contribution is 5.89. The highest BCUT2D eigenvalue weighted by Crippen LogP contribution is 2.35. The molecule has 0 atom stereocenters. The van der Waals surface area contributed by atoms with Crippen LogP contribution >= 0.6 is 0 Å². The molecule has 118 valence electrons. The van der Waals surface area contributed by atoms with Crippen molar-refractivity contribution < 1.29 is 15.0 Å². The first-order valence-electron chi connectivity index (χ1n) is 7.04. The van der Waals surface area contributed by atoms with Gasteiger partial charge < -0.3 is 10.2 Å². The number of hydrogen-bond acceptors (Lipinski definition) is 5. The molecule has 23 heavy (non-hydrogen) atoms. The number of carboxylic acid groups (broad SMARTS) is 1. The number of carbonyl (C=O) groups is 1. The molecular formula is C16H16N4O3. The summed E-state index contributed by atoms with van der Waals surface area (Å²) in [5.41, 5.74) is 1.22. The molecule has 0 aliphatic carbocycles. The number of rotatable bonds is 2. The summed E-state index contributed by atoms with van der Waals surface area (Å²) >= 11 is 0. The molecule has 7 heteroatoms. The zero-order valence-electron chi connectivity index (χ0n) is 13.0. The van der Waals surface area contributed by atoms with Gasteiger partial charge in [0.15, 0.2) is 5.65 Å². The van der Waals surface area contributed by atoms with E-state index < -0.39 is 5.97 Å². The van der Waals surface area contributed by atoms with Crippen molar-refractivity contribution in [2.24, 2.45) is 0 Å². The lowest BCUT2D eigenvalue weighted by atomic mass is 9.87. The molecule has 0 bridgehead atoms. The van der Waals surface area contributed by atoms with Crippen molar-refractivity contribution in [2.75, 3.05) is 0 Å². The molecule has 0 fully saturated rings. The average molecular weight is 312 g/mol. The van der Waals surface area contributed by atoms with E-state index in [0.29, 0.717) is 16.9 Å². The molecule has 0 aliphatic heterocycles. The maximum atomic E-state index is 11.2. The van der Waals surface area contributed by atoms with E-state index in [0.717, 1.165) is 5.56 Å².